The number of nitrogens with zero attached hydrogens (tertiary/aromatic N) is 3. The van der Waals surface area contributed by atoms with Gasteiger partial charge in [-0.3, -0.25) is 24.2 Å². The van der Waals surface area contributed by atoms with Crippen LogP contribution in [0.15, 0.2) is 24.3 Å². The smallest absolute Gasteiger partial charge is 0.350 e. The monoisotopic (exact) mass is 566 g/mol. The van der Waals surface area contributed by atoms with Crippen LogP contribution in [0.4, 0.5) is 13.2 Å². The van der Waals surface area contributed by atoms with Crippen LogP contribution in [0.3, 0.4) is 0 Å². The Hall–Kier alpha value is -3.52. The van der Waals surface area contributed by atoms with E-state index in [-0.39, 0.29) is 21.6 Å². The van der Waals surface area contributed by atoms with Crippen LogP contribution in [0.5, 0.6) is 0 Å². The predicted octanol–water partition coefficient (Wildman–Crippen LogP) is 2.32. The first kappa shape index (κ1) is 28.5. The van der Waals surface area contributed by atoms with Crippen LogP contribution in [-0.4, -0.2) is 70.5 Å². The molecule has 0 spiro atoms. The molecule has 4 amide bonds. The fourth-order valence-electron chi connectivity index (χ4n) is 4.56. The summed E-state index contributed by atoms with van der Waals surface area (Å²) in [5.74, 6) is -5.95. The summed E-state index contributed by atoms with van der Waals surface area (Å²) in [6.07, 6.45) is -4.29. The van der Waals surface area contributed by atoms with E-state index >= 15 is 0 Å². The minimum absolute atomic E-state index is 0.00189. The van der Waals surface area contributed by atoms with Gasteiger partial charge >= 0.3 is 6.18 Å². The molecule has 210 valence electrons. The second-order valence-corrected chi connectivity index (χ2v) is 10.7. The van der Waals surface area contributed by atoms with Crippen molar-refractivity contribution in [1.82, 2.24) is 31.0 Å². The molecule has 3 heterocycles. The number of hydrazine groups is 1. The maximum Gasteiger partial charge on any atom is 0.402 e. The Balaban J connectivity index is 1.50. The Morgan fingerprint density at radius 3 is 2.56 bits per heavy atom. The number of nitrogens with one attached hydrogen (secondary N) is 3. The standard InChI is InChI=1S/C25H29F3N6O4S/c1-13(2)30-22(37)23-31-14(3)19(39-23)21(36)29-11-17(25(26,27)28)20(35)32-18-16-8-5-4-7-15(16)12-33-9-6-10-34(33)24(18)38/h4-5,7-8,13,17-18H,6,9-12H2,1-3H3,(H,29,36)(H,30,37)(H,32,35)/t17-,18+/m1/s1. The van der Waals surface area contributed by atoms with E-state index < -0.39 is 48.3 Å². The van der Waals surface area contributed by atoms with E-state index in [1.165, 1.54) is 11.9 Å². The van der Waals surface area contributed by atoms with Gasteiger partial charge < -0.3 is 16.0 Å². The number of benzene rings is 1. The van der Waals surface area contributed by atoms with Crippen molar-refractivity contribution >= 4 is 35.0 Å². The van der Waals surface area contributed by atoms with Crippen molar-refractivity contribution in [3.63, 3.8) is 0 Å². The first-order valence-electron chi connectivity index (χ1n) is 12.4. The molecule has 1 fully saturated rings. The van der Waals surface area contributed by atoms with Gasteiger partial charge in [-0.05, 0) is 38.3 Å². The highest BCUT2D eigenvalue weighted by atomic mass is 32.1. The lowest BCUT2D eigenvalue weighted by atomic mass is 9.98. The molecule has 4 rings (SSSR count). The number of carbonyl (C=O) groups excluding carboxylic acids is 4. The lowest BCUT2D eigenvalue weighted by Crippen LogP contribution is -2.50. The first-order valence-corrected chi connectivity index (χ1v) is 13.3. The molecule has 1 aromatic heterocycles. The Kier molecular flexibility index (Phi) is 8.25. The van der Waals surface area contributed by atoms with Crippen LogP contribution in [0, 0.1) is 12.8 Å². The zero-order valence-corrected chi connectivity index (χ0v) is 22.4. The molecule has 1 saturated heterocycles. The number of thiazole rings is 1. The van der Waals surface area contributed by atoms with E-state index in [0.717, 1.165) is 16.9 Å². The van der Waals surface area contributed by atoms with Crippen molar-refractivity contribution in [2.45, 2.75) is 52.0 Å². The molecule has 0 saturated carbocycles. The SMILES string of the molecule is Cc1nc(C(=O)NC(C)C)sc1C(=O)NC[C@H](C(=O)N[C@@H]1C(=O)N2CCCN2Cc2ccccc21)C(F)(F)F. The molecule has 1 aromatic carbocycles. The number of fused-ring (bicyclic) bond motifs is 2. The topological polar surface area (TPSA) is 124 Å². The van der Waals surface area contributed by atoms with Crippen molar-refractivity contribution < 1.29 is 32.3 Å². The summed E-state index contributed by atoms with van der Waals surface area (Å²) in [5, 5.41) is 10.4. The summed E-state index contributed by atoms with van der Waals surface area (Å²) in [7, 11) is 0. The fraction of sp³-hybridized carbons (Fsp3) is 0.480. The van der Waals surface area contributed by atoms with Crippen LogP contribution in [0.1, 0.15) is 62.6 Å². The van der Waals surface area contributed by atoms with Gasteiger partial charge in [0.25, 0.3) is 17.7 Å². The third-order valence-corrected chi connectivity index (χ3v) is 7.58. The van der Waals surface area contributed by atoms with E-state index in [4.69, 9.17) is 0 Å². The highest BCUT2D eigenvalue weighted by molar-refractivity contribution is 7.15. The van der Waals surface area contributed by atoms with Gasteiger partial charge in [0.15, 0.2) is 10.9 Å². The van der Waals surface area contributed by atoms with Crippen LogP contribution < -0.4 is 16.0 Å². The lowest BCUT2D eigenvalue weighted by Gasteiger charge is -2.28. The molecule has 2 aromatic rings. The molecule has 2 aliphatic heterocycles. The van der Waals surface area contributed by atoms with Gasteiger partial charge in [0, 0.05) is 32.2 Å². The third kappa shape index (κ3) is 6.22. The Morgan fingerprint density at radius 1 is 1.15 bits per heavy atom. The van der Waals surface area contributed by atoms with Gasteiger partial charge in [-0.15, -0.1) is 11.3 Å². The number of aryl methyl sites for hydroxylation is 1. The van der Waals surface area contributed by atoms with Gasteiger partial charge in [0.05, 0.1) is 5.69 Å². The van der Waals surface area contributed by atoms with Gasteiger partial charge in [-0.25, -0.2) is 9.99 Å². The van der Waals surface area contributed by atoms with E-state index in [1.54, 1.807) is 38.1 Å². The Bertz CT molecular complexity index is 1280. The molecular weight excluding hydrogens is 537 g/mol. The average Bonchev–Trinajstić information content (AvgIpc) is 3.45. The lowest BCUT2D eigenvalue weighted by molar-refractivity contribution is -0.182. The quantitative estimate of drug-likeness (QED) is 0.473. The van der Waals surface area contributed by atoms with Crippen molar-refractivity contribution in [1.29, 1.82) is 0 Å². The summed E-state index contributed by atoms with van der Waals surface area (Å²) >= 11 is 0.746. The number of alkyl halides is 3. The van der Waals surface area contributed by atoms with E-state index in [0.29, 0.717) is 31.6 Å². The number of hydrogen-bond acceptors (Lipinski definition) is 7. The minimum Gasteiger partial charge on any atom is -0.350 e. The van der Waals surface area contributed by atoms with Crippen LogP contribution in [-0.2, 0) is 16.1 Å². The van der Waals surface area contributed by atoms with Crippen molar-refractivity contribution in [2.24, 2.45) is 5.92 Å². The molecule has 2 aliphatic rings. The molecule has 10 nitrogen and oxygen atoms in total. The predicted molar refractivity (Wildman–Crippen MR) is 135 cm³/mol. The largest absolute Gasteiger partial charge is 0.402 e. The zero-order valence-electron chi connectivity index (χ0n) is 21.6. The second kappa shape index (κ2) is 11.3. The number of aromatic nitrogens is 1. The highest BCUT2D eigenvalue weighted by Crippen LogP contribution is 2.32. The van der Waals surface area contributed by atoms with Crippen LogP contribution in [0.25, 0.3) is 0 Å². The highest BCUT2D eigenvalue weighted by Gasteiger charge is 2.47. The second-order valence-electron chi connectivity index (χ2n) is 9.71. The summed E-state index contributed by atoms with van der Waals surface area (Å²) in [6, 6.07) is 5.34. The normalized spacial score (nSPS) is 18.3. The zero-order chi connectivity index (χ0) is 28.5. The number of hydrogen-bond donors (Lipinski definition) is 3. The van der Waals surface area contributed by atoms with Gasteiger partial charge in [-0.2, -0.15) is 13.2 Å². The van der Waals surface area contributed by atoms with Gasteiger partial charge in [0.2, 0.25) is 5.91 Å². The Morgan fingerprint density at radius 2 is 1.87 bits per heavy atom. The molecule has 0 bridgehead atoms. The van der Waals surface area contributed by atoms with Crippen molar-refractivity contribution in [3.8, 4) is 0 Å². The van der Waals surface area contributed by atoms with E-state index in [1.807, 2.05) is 5.01 Å². The van der Waals surface area contributed by atoms with E-state index in [9.17, 15) is 32.3 Å². The number of amides is 4. The molecule has 0 radical (unpaired) electrons. The molecule has 39 heavy (non-hydrogen) atoms. The summed E-state index contributed by atoms with van der Waals surface area (Å²) in [4.78, 5) is 55.2. The minimum atomic E-state index is -5.00. The molecule has 3 N–H and O–H groups in total. The number of halogens is 3. The van der Waals surface area contributed by atoms with Gasteiger partial charge in [-0.1, -0.05) is 24.3 Å². The maximum atomic E-state index is 14.0. The average molecular weight is 567 g/mol. The summed E-state index contributed by atoms with van der Waals surface area (Å²) in [5.41, 5.74) is 1.34. The molecular formula is C25H29F3N6O4S. The number of rotatable bonds is 7. The summed E-state index contributed by atoms with van der Waals surface area (Å²) < 4.78 is 42.0. The van der Waals surface area contributed by atoms with Crippen molar-refractivity contribution in [2.75, 3.05) is 19.6 Å². The maximum absolute atomic E-state index is 14.0. The van der Waals surface area contributed by atoms with Crippen LogP contribution in [0.2, 0.25) is 0 Å². The Labute approximate surface area is 226 Å². The first-order chi connectivity index (χ1) is 18.4. The van der Waals surface area contributed by atoms with Crippen molar-refractivity contribution in [3.05, 3.63) is 51.0 Å². The molecule has 14 heteroatoms. The fourth-order valence-corrected chi connectivity index (χ4v) is 5.45. The molecule has 0 aliphatic carbocycles. The third-order valence-electron chi connectivity index (χ3n) is 6.43. The number of carbonyl (C=O) groups is 4. The van der Waals surface area contributed by atoms with Crippen LogP contribution >= 0.6 is 11.3 Å². The van der Waals surface area contributed by atoms with E-state index in [2.05, 4.69) is 20.9 Å². The summed E-state index contributed by atoms with van der Waals surface area (Å²) in [6.45, 7) is 5.32. The molecule has 0 unspecified atom stereocenters. The molecule has 2 atom stereocenters. The van der Waals surface area contributed by atoms with Gasteiger partial charge in [0.1, 0.15) is 10.9 Å².